The molecule has 1 atom stereocenters. The number of carbonyl (C=O) groups excluding carboxylic acids is 1. The summed E-state index contributed by atoms with van der Waals surface area (Å²) < 4.78 is 1.55. The number of carbonyl (C=O) groups is 1. The summed E-state index contributed by atoms with van der Waals surface area (Å²) in [6.45, 7) is 4.70. The van der Waals surface area contributed by atoms with Gasteiger partial charge in [0.15, 0.2) is 5.16 Å². The molecule has 5 nitrogen and oxygen atoms in total. The minimum Gasteiger partial charge on any atom is -0.339 e. The van der Waals surface area contributed by atoms with Crippen molar-refractivity contribution in [2.24, 2.45) is 7.05 Å². The molecule has 6 heteroatoms. The summed E-state index contributed by atoms with van der Waals surface area (Å²) in [5.74, 6) is 0.145. The molecule has 0 saturated heterocycles. The van der Waals surface area contributed by atoms with Gasteiger partial charge in [-0.1, -0.05) is 43.2 Å². The smallest absolute Gasteiger partial charge is 0.261 e. The minimum absolute atomic E-state index is 0.0719. The molecule has 0 spiro atoms. The van der Waals surface area contributed by atoms with Crippen LogP contribution in [-0.4, -0.2) is 38.2 Å². The minimum atomic E-state index is -0.267. The molecular weight excluding hydrogens is 346 g/mol. The van der Waals surface area contributed by atoms with Crippen LogP contribution in [0.15, 0.2) is 34.2 Å². The molecule has 1 saturated carbocycles. The molecule has 3 rings (SSSR count). The number of aromatic nitrogens is 2. The maximum Gasteiger partial charge on any atom is 0.261 e. The van der Waals surface area contributed by atoms with E-state index in [1.165, 1.54) is 31.0 Å². The summed E-state index contributed by atoms with van der Waals surface area (Å²) in [5, 5.41) is 0.932. The lowest BCUT2D eigenvalue weighted by Gasteiger charge is -2.35. The van der Waals surface area contributed by atoms with E-state index in [0.29, 0.717) is 22.1 Å². The van der Waals surface area contributed by atoms with Gasteiger partial charge in [0.1, 0.15) is 0 Å². The molecule has 1 heterocycles. The fourth-order valence-electron chi connectivity index (χ4n) is 3.73. The second-order valence-electron chi connectivity index (χ2n) is 6.95. The summed E-state index contributed by atoms with van der Waals surface area (Å²) in [5.41, 5.74) is 0.606. The van der Waals surface area contributed by atoms with E-state index in [9.17, 15) is 9.59 Å². The van der Waals surface area contributed by atoms with Crippen LogP contribution in [0.5, 0.6) is 0 Å². The van der Waals surface area contributed by atoms with Crippen molar-refractivity contribution >= 4 is 28.6 Å². The van der Waals surface area contributed by atoms with Crippen molar-refractivity contribution in [2.45, 2.75) is 62.4 Å². The number of para-hydroxylation sites is 1. The number of thioether (sulfide) groups is 1. The van der Waals surface area contributed by atoms with E-state index in [-0.39, 0.29) is 16.7 Å². The summed E-state index contributed by atoms with van der Waals surface area (Å²) in [6.07, 6.45) is 5.89. The van der Waals surface area contributed by atoms with Gasteiger partial charge >= 0.3 is 0 Å². The van der Waals surface area contributed by atoms with Crippen molar-refractivity contribution in [1.29, 1.82) is 0 Å². The van der Waals surface area contributed by atoms with Crippen LogP contribution < -0.4 is 5.56 Å². The van der Waals surface area contributed by atoms with Crippen LogP contribution in [0.25, 0.3) is 10.9 Å². The van der Waals surface area contributed by atoms with Crippen LogP contribution in [0.2, 0.25) is 0 Å². The lowest BCUT2D eigenvalue weighted by Crippen LogP contribution is -2.44. The Labute approximate surface area is 158 Å². The van der Waals surface area contributed by atoms with E-state index in [0.717, 1.165) is 19.4 Å². The van der Waals surface area contributed by atoms with Gasteiger partial charge in [-0.25, -0.2) is 4.98 Å². The van der Waals surface area contributed by atoms with Crippen molar-refractivity contribution in [3.63, 3.8) is 0 Å². The SMILES string of the molecule is CCN(C(=O)C(C)Sc1nc2ccccc2c(=O)n1C)C1CCCCC1. The van der Waals surface area contributed by atoms with Gasteiger partial charge < -0.3 is 4.90 Å². The first-order valence-corrected chi connectivity index (χ1v) is 10.3. The van der Waals surface area contributed by atoms with Crippen molar-refractivity contribution in [2.75, 3.05) is 6.54 Å². The quantitative estimate of drug-likeness (QED) is 0.594. The van der Waals surface area contributed by atoms with Gasteiger partial charge in [0.2, 0.25) is 5.91 Å². The molecule has 1 aromatic carbocycles. The molecule has 0 aliphatic heterocycles. The normalized spacial score (nSPS) is 16.6. The highest BCUT2D eigenvalue weighted by atomic mass is 32.2. The first kappa shape index (κ1) is 19.0. The monoisotopic (exact) mass is 373 g/mol. The third-order valence-electron chi connectivity index (χ3n) is 5.21. The second kappa shape index (κ2) is 8.25. The molecule has 1 amide bonds. The maximum absolute atomic E-state index is 13.0. The third kappa shape index (κ3) is 3.80. The molecule has 1 aliphatic carbocycles. The number of nitrogens with zero attached hydrogens (tertiary/aromatic N) is 3. The van der Waals surface area contributed by atoms with Crippen LogP contribution in [0.4, 0.5) is 0 Å². The van der Waals surface area contributed by atoms with Crippen molar-refractivity contribution in [3.8, 4) is 0 Å². The standard InChI is InChI=1S/C20H27N3O2S/c1-4-23(15-10-6-5-7-11-15)18(24)14(2)26-20-21-17-13-9-8-12-16(17)19(25)22(20)3/h8-9,12-15H,4-7,10-11H2,1-3H3. The highest BCUT2D eigenvalue weighted by Gasteiger charge is 2.28. The Morgan fingerprint density at radius 3 is 2.69 bits per heavy atom. The van der Waals surface area contributed by atoms with Gasteiger partial charge in [-0.05, 0) is 38.8 Å². The Hall–Kier alpha value is -1.82. The molecule has 0 radical (unpaired) electrons. The topological polar surface area (TPSA) is 55.2 Å². The predicted octanol–water partition coefficient (Wildman–Crippen LogP) is 3.60. The molecule has 1 aliphatic rings. The lowest BCUT2D eigenvalue weighted by atomic mass is 9.94. The summed E-state index contributed by atoms with van der Waals surface area (Å²) in [7, 11) is 1.72. The van der Waals surface area contributed by atoms with Gasteiger partial charge in [0.05, 0.1) is 16.2 Å². The van der Waals surface area contributed by atoms with E-state index < -0.39 is 0 Å². The molecule has 1 unspecified atom stereocenters. The Morgan fingerprint density at radius 2 is 2.00 bits per heavy atom. The summed E-state index contributed by atoms with van der Waals surface area (Å²) in [6, 6.07) is 7.70. The molecule has 1 fully saturated rings. The van der Waals surface area contributed by atoms with Crippen LogP contribution >= 0.6 is 11.8 Å². The Bertz CT molecular complexity index is 843. The molecule has 0 bridgehead atoms. The number of amides is 1. The largest absolute Gasteiger partial charge is 0.339 e. The molecule has 2 aromatic rings. The van der Waals surface area contributed by atoms with E-state index in [4.69, 9.17) is 0 Å². The van der Waals surface area contributed by atoms with Gasteiger partial charge in [-0.2, -0.15) is 0 Å². The first-order chi connectivity index (χ1) is 12.5. The zero-order valence-electron chi connectivity index (χ0n) is 15.8. The Kier molecular flexibility index (Phi) is 6.01. The average molecular weight is 374 g/mol. The van der Waals surface area contributed by atoms with E-state index in [1.54, 1.807) is 17.7 Å². The van der Waals surface area contributed by atoms with Crippen LogP contribution in [0.3, 0.4) is 0 Å². The number of hydrogen-bond donors (Lipinski definition) is 0. The fraction of sp³-hybridized carbons (Fsp3) is 0.550. The third-order valence-corrected chi connectivity index (χ3v) is 6.34. The predicted molar refractivity (Wildman–Crippen MR) is 107 cm³/mol. The maximum atomic E-state index is 13.0. The summed E-state index contributed by atoms with van der Waals surface area (Å²) in [4.78, 5) is 32.2. The number of hydrogen-bond acceptors (Lipinski definition) is 4. The number of rotatable bonds is 5. The summed E-state index contributed by atoms with van der Waals surface area (Å²) >= 11 is 1.38. The lowest BCUT2D eigenvalue weighted by molar-refractivity contribution is -0.133. The van der Waals surface area contributed by atoms with E-state index in [1.807, 2.05) is 36.9 Å². The Morgan fingerprint density at radius 1 is 1.31 bits per heavy atom. The van der Waals surface area contributed by atoms with Crippen LogP contribution in [0.1, 0.15) is 46.0 Å². The highest BCUT2D eigenvalue weighted by Crippen LogP contribution is 2.27. The Balaban J connectivity index is 1.81. The molecule has 1 aromatic heterocycles. The van der Waals surface area contributed by atoms with Crippen LogP contribution in [0, 0.1) is 0 Å². The highest BCUT2D eigenvalue weighted by molar-refractivity contribution is 8.00. The van der Waals surface area contributed by atoms with Gasteiger partial charge in [0.25, 0.3) is 5.56 Å². The first-order valence-electron chi connectivity index (χ1n) is 9.45. The molecule has 0 N–H and O–H groups in total. The van der Waals surface area contributed by atoms with Gasteiger partial charge in [0, 0.05) is 19.6 Å². The molecule has 140 valence electrons. The molecule has 26 heavy (non-hydrogen) atoms. The number of benzene rings is 1. The number of fused-ring (bicyclic) bond motifs is 1. The average Bonchev–Trinajstić information content (AvgIpc) is 2.67. The fourth-order valence-corrected chi connectivity index (χ4v) is 4.68. The van der Waals surface area contributed by atoms with E-state index in [2.05, 4.69) is 4.98 Å². The van der Waals surface area contributed by atoms with Gasteiger partial charge in [-0.15, -0.1) is 0 Å². The van der Waals surface area contributed by atoms with Crippen molar-refractivity contribution in [1.82, 2.24) is 14.5 Å². The van der Waals surface area contributed by atoms with Gasteiger partial charge in [-0.3, -0.25) is 14.2 Å². The zero-order valence-corrected chi connectivity index (χ0v) is 16.6. The van der Waals surface area contributed by atoms with Crippen molar-refractivity contribution < 1.29 is 4.79 Å². The second-order valence-corrected chi connectivity index (χ2v) is 8.26. The van der Waals surface area contributed by atoms with Crippen LogP contribution in [-0.2, 0) is 11.8 Å². The van der Waals surface area contributed by atoms with E-state index >= 15 is 0 Å². The molecular formula is C20H27N3O2S. The van der Waals surface area contributed by atoms with Crippen molar-refractivity contribution in [3.05, 3.63) is 34.6 Å². The zero-order chi connectivity index (χ0) is 18.7.